The highest BCUT2D eigenvalue weighted by Crippen LogP contribution is 2.42. The Morgan fingerprint density at radius 1 is 1.27 bits per heavy atom. The molecule has 1 heterocycles. The molecule has 0 spiro atoms. The van der Waals surface area contributed by atoms with E-state index in [9.17, 15) is 4.79 Å². The number of rotatable bonds is 2. The molecule has 5 heteroatoms. The molecule has 2 unspecified atom stereocenters. The van der Waals surface area contributed by atoms with Crippen LogP contribution in [0.3, 0.4) is 0 Å². The maximum atomic E-state index is 12.7. The number of nitrogens with zero attached hydrogens (tertiary/aromatic N) is 1. The second-order valence-electron chi connectivity index (χ2n) is 6.79. The van der Waals surface area contributed by atoms with Crippen LogP contribution in [-0.4, -0.2) is 21.9 Å². The largest absolute Gasteiger partial charge is 0.345 e. The topological polar surface area (TPSA) is 83.8 Å². The molecular weight excluding hydrogens is 276 g/mol. The van der Waals surface area contributed by atoms with E-state index in [0.29, 0.717) is 17.9 Å². The standard InChI is InChI=1S/C17H22N4O/c18-15-10-3-1-4-11(15)8-12(7-10)17(22)21-14-6-2-5-13-16(14)20-9-19-13/h2,5-6,9-12,15H,1,3-4,7-8,18H2,(H,19,20)(H,21,22). The van der Waals surface area contributed by atoms with Gasteiger partial charge in [-0.25, -0.2) is 4.98 Å². The molecule has 4 rings (SSSR count). The van der Waals surface area contributed by atoms with Crippen molar-refractivity contribution in [2.45, 2.75) is 38.1 Å². The lowest BCUT2D eigenvalue weighted by atomic mass is 9.65. The number of H-pyrrole nitrogens is 1. The number of hydrogen-bond acceptors (Lipinski definition) is 3. The first kappa shape index (κ1) is 13.8. The van der Waals surface area contributed by atoms with E-state index < -0.39 is 0 Å². The van der Waals surface area contributed by atoms with Gasteiger partial charge in [0.05, 0.1) is 17.5 Å². The smallest absolute Gasteiger partial charge is 0.227 e. The number of aromatic amines is 1. The van der Waals surface area contributed by atoms with Gasteiger partial charge in [-0.2, -0.15) is 0 Å². The molecule has 2 fully saturated rings. The number of carbonyl (C=O) groups is 1. The fourth-order valence-corrected chi connectivity index (χ4v) is 4.30. The first-order valence-corrected chi connectivity index (χ1v) is 8.21. The van der Waals surface area contributed by atoms with Crippen LogP contribution < -0.4 is 11.1 Å². The molecule has 1 aromatic heterocycles. The van der Waals surface area contributed by atoms with Crippen molar-refractivity contribution in [3.8, 4) is 0 Å². The third kappa shape index (κ3) is 2.29. The molecule has 2 aromatic rings. The van der Waals surface area contributed by atoms with Gasteiger partial charge in [-0.15, -0.1) is 0 Å². The number of nitrogens with two attached hydrogens (primary N) is 1. The van der Waals surface area contributed by atoms with Gasteiger partial charge in [0, 0.05) is 12.0 Å². The molecule has 22 heavy (non-hydrogen) atoms. The van der Waals surface area contributed by atoms with E-state index in [2.05, 4.69) is 15.3 Å². The zero-order valence-electron chi connectivity index (χ0n) is 12.6. The van der Waals surface area contributed by atoms with Crippen LogP contribution in [0.25, 0.3) is 11.0 Å². The predicted molar refractivity (Wildman–Crippen MR) is 86.3 cm³/mol. The monoisotopic (exact) mass is 298 g/mol. The molecule has 0 saturated heterocycles. The number of nitrogens with one attached hydrogen (secondary N) is 2. The van der Waals surface area contributed by atoms with Gasteiger partial charge in [-0.1, -0.05) is 12.5 Å². The molecule has 2 atom stereocenters. The van der Waals surface area contributed by atoms with E-state index in [4.69, 9.17) is 5.73 Å². The van der Waals surface area contributed by atoms with Gasteiger partial charge in [0.15, 0.2) is 0 Å². The molecule has 2 saturated carbocycles. The Kier molecular flexibility index (Phi) is 3.37. The SMILES string of the molecule is NC1C2CCCC1CC(C(=O)Nc1cccc3[nH]cnc13)C2. The Morgan fingerprint density at radius 3 is 2.82 bits per heavy atom. The summed E-state index contributed by atoms with van der Waals surface area (Å²) in [5.41, 5.74) is 8.88. The Labute approximate surface area is 129 Å². The lowest BCUT2D eigenvalue weighted by Gasteiger charge is -2.43. The number of anilines is 1. The average molecular weight is 298 g/mol. The van der Waals surface area contributed by atoms with Crippen LogP contribution in [0.4, 0.5) is 5.69 Å². The van der Waals surface area contributed by atoms with Gasteiger partial charge >= 0.3 is 0 Å². The molecule has 0 aliphatic heterocycles. The van der Waals surface area contributed by atoms with Crippen LogP contribution in [0.1, 0.15) is 32.1 Å². The van der Waals surface area contributed by atoms with Gasteiger partial charge in [0.25, 0.3) is 0 Å². The average Bonchev–Trinajstić information content (AvgIpc) is 2.96. The minimum atomic E-state index is 0.0873. The third-order valence-electron chi connectivity index (χ3n) is 5.49. The molecule has 5 nitrogen and oxygen atoms in total. The van der Waals surface area contributed by atoms with E-state index in [1.54, 1.807) is 6.33 Å². The minimum Gasteiger partial charge on any atom is -0.345 e. The highest BCUT2D eigenvalue weighted by atomic mass is 16.1. The van der Waals surface area contributed by atoms with Crippen molar-refractivity contribution in [3.05, 3.63) is 24.5 Å². The molecule has 2 bridgehead atoms. The van der Waals surface area contributed by atoms with Crippen molar-refractivity contribution >= 4 is 22.6 Å². The fourth-order valence-electron chi connectivity index (χ4n) is 4.30. The fraction of sp³-hybridized carbons (Fsp3) is 0.529. The third-order valence-corrected chi connectivity index (χ3v) is 5.49. The lowest BCUT2D eigenvalue weighted by molar-refractivity contribution is -0.122. The summed E-state index contributed by atoms with van der Waals surface area (Å²) in [6.45, 7) is 0. The van der Waals surface area contributed by atoms with Gasteiger partial charge in [0.2, 0.25) is 5.91 Å². The summed E-state index contributed by atoms with van der Waals surface area (Å²) in [5, 5.41) is 3.08. The molecule has 2 aliphatic rings. The highest BCUT2D eigenvalue weighted by Gasteiger charge is 2.40. The van der Waals surface area contributed by atoms with E-state index in [-0.39, 0.29) is 11.8 Å². The quantitative estimate of drug-likeness (QED) is 0.797. The number of benzene rings is 1. The van der Waals surface area contributed by atoms with Gasteiger partial charge in [-0.05, 0) is 49.7 Å². The first-order valence-electron chi connectivity index (χ1n) is 8.21. The normalized spacial score (nSPS) is 31.1. The van der Waals surface area contributed by atoms with Crippen molar-refractivity contribution in [3.63, 3.8) is 0 Å². The summed E-state index contributed by atoms with van der Waals surface area (Å²) in [6.07, 6.45) is 7.14. The Hall–Kier alpha value is -1.88. The van der Waals surface area contributed by atoms with Crippen molar-refractivity contribution < 1.29 is 4.79 Å². The predicted octanol–water partition coefficient (Wildman–Crippen LogP) is 2.66. The van der Waals surface area contributed by atoms with E-state index >= 15 is 0 Å². The second kappa shape index (κ2) is 5.39. The summed E-state index contributed by atoms with van der Waals surface area (Å²) < 4.78 is 0. The minimum absolute atomic E-state index is 0.0873. The van der Waals surface area contributed by atoms with Crippen molar-refractivity contribution in [1.82, 2.24) is 9.97 Å². The van der Waals surface area contributed by atoms with Crippen molar-refractivity contribution in [2.24, 2.45) is 23.5 Å². The zero-order chi connectivity index (χ0) is 15.1. The van der Waals surface area contributed by atoms with Crippen LogP contribution >= 0.6 is 0 Å². The molecule has 4 N–H and O–H groups in total. The number of fused-ring (bicyclic) bond motifs is 3. The van der Waals surface area contributed by atoms with Crippen LogP contribution in [-0.2, 0) is 4.79 Å². The van der Waals surface area contributed by atoms with E-state index in [1.807, 2.05) is 18.2 Å². The van der Waals surface area contributed by atoms with Gasteiger partial charge in [0.1, 0.15) is 5.52 Å². The van der Waals surface area contributed by atoms with Gasteiger partial charge < -0.3 is 16.0 Å². The Morgan fingerprint density at radius 2 is 2.05 bits per heavy atom. The maximum Gasteiger partial charge on any atom is 0.227 e. The molecule has 2 aliphatic carbocycles. The molecular formula is C17H22N4O. The summed E-state index contributed by atoms with van der Waals surface area (Å²) in [7, 11) is 0. The van der Waals surface area contributed by atoms with Crippen LogP contribution in [0.5, 0.6) is 0 Å². The molecule has 0 radical (unpaired) electrons. The number of imidazole rings is 1. The number of para-hydroxylation sites is 1. The molecule has 116 valence electrons. The molecule has 1 amide bonds. The number of carbonyl (C=O) groups excluding carboxylic acids is 1. The lowest BCUT2D eigenvalue weighted by Crippen LogP contribution is -2.48. The first-order chi connectivity index (χ1) is 10.7. The highest BCUT2D eigenvalue weighted by molar-refractivity contribution is 6.00. The number of hydrogen-bond donors (Lipinski definition) is 3. The van der Waals surface area contributed by atoms with E-state index in [0.717, 1.165) is 29.6 Å². The number of amides is 1. The van der Waals surface area contributed by atoms with E-state index in [1.165, 1.54) is 19.3 Å². The molecule has 1 aromatic carbocycles. The van der Waals surface area contributed by atoms with Crippen molar-refractivity contribution in [1.29, 1.82) is 0 Å². The van der Waals surface area contributed by atoms with Crippen LogP contribution in [0.15, 0.2) is 24.5 Å². The number of aromatic nitrogens is 2. The van der Waals surface area contributed by atoms with Crippen molar-refractivity contribution in [2.75, 3.05) is 5.32 Å². The Bertz CT molecular complexity index is 681. The maximum absolute atomic E-state index is 12.7. The summed E-state index contributed by atoms with van der Waals surface area (Å²) >= 11 is 0. The zero-order valence-corrected chi connectivity index (χ0v) is 12.6. The Balaban J connectivity index is 1.52. The van der Waals surface area contributed by atoms with Gasteiger partial charge in [-0.3, -0.25) is 4.79 Å². The summed E-state index contributed by atoms with van der Waals surface area (Å²) in [6, 6.07) is 6.10. The summed E-state index contributed by atoms with van der Waals surface area (Å²) in [4.78, 5) is 20.0. The second-order valence-corrected chi connectivity index (χ2v) is 6.79. The summed E-state index contributed by atoms with van der Waals surface area (Å²) in [5.74, 6) is 1.25. The van der Waals surface area contributed by atoms with Crippen LogP contribution in [0, 0.1) is 17.8 Å². The van der Waals surface area contributed by atoms with Crippen LogP contribution in [0.2, 0.25) is 0 Å².